The molecule has 2 heterocycles. The van der Waals surface area contributed by atoms with Gasteiger partial charge < -0.3 is 9.47 Å². The summed E-state index contributed by atoms with van der Waals surface area (Å²) in [5.74, 6) is 2.70. The molecule has 2 fully saturated rings. The molecule has 13 heavy (non-hydrogen) atoms. The van der Waals surface area contributed by atoms with Crippen molar-refractivity contribution in [2.45, 2.75) is 12.0 Å². The van der Waals surface area contributed by atoms with E-state index in [9.17, 15) is 0 Å². The fourth-order valence-corrected chi connectivity index (χ4v) is 2.08. The minimum Gasteiger partial charge on any atom is -0.379 e. The van der Waals surface area contributed by atoms with Crippen LogP contribution in [0.4, 0.5) is 0 Å². The molecule has 0 aromatic heterocycles. The van der Waals surface area contributed by atoms with Gasteiger partial charge in [0.15, 0.2) is 0 Å². The molecular formula is C10H15NO2. The Morgan fingerprint density at radius 1 is 1.31 bits per heavy atom. The number of rotatable bonds is 1. The third-order valence-corrected chi connectivity index (χ3v) is 2.91. The number of hydrogen-bond acceptors (Lipinski definition) is 3. The van der Waals surface area contributed by atoms with Gasteiger partial charge in [0.2, 0.25) is 0 Å². The molecule has 0 radical (unpaired) electrons. The molecule has 0 aromatic rings. The van der Waals surface area contributed by atoms with Crippen molar-refractivity contribution in [3.63, 3.8) is 0 Å². The Labute approximate surface area is 79.0 Å². The van der Waals surface area contributed by atoms with Crippen molar-refractivity contribution in [1.29, 1.82) is 0 Å². The largest absolute Gasteiger partial charge is 0.379 e. The van der Waals surface area contributed by atoms with Gasteiger partial charge in [0, 0.05) is 13.2 Å². The molecule has 2 aliphatic rings. The van der Waals surface area contributed by atoms with E-state index in [1.165, 1.54) is 0 Å². The van der Waals surface area contributed by atoms with Gasteiger partial charge in [0.1, 0.15) is 0 Å². The van der Waals surface area contributed by atoms with Gasteiger partial charge in [-0.25, -0.2) is 0 Å². The number of nitrogens with zero attached hydrogens (tertiary/aromatic N) is 1. The Hall–Kier alpha value is -0.560. The van der Waals surface area contributed by atoms with Crippen LogP contribution in [0.25, 0.3) is 0 Å². The molecule has 0 bridgehead atoms. The van der Waals surface area contributed by atoms with Gasteiger partial charge in [-0.15, -0.1) is 6.42 Å². The van der Waals surface area contributed by atoms with Crippen molar-refractivity contribution in [3.05, 3.63) is 0 Å². The Bertz CT molecular complexity index is 215. The standard InChI is InChI=1S/C10H15NO2/c1-2-4-11-5-7-13-9-10(11)3-6-12-8-10/h1H,3-9H2. The minimum absolute atomic E-state index is 0.0879. The monoisotopic (exact) mass is 181 g/mol. The third kappa shape index (κ3) is 1.58. The average Bonchev–Trinajstić information content (AvgIpc) is 2.59. The zero-order chi connectivity index (χ0) is 9.15. The summed E-state index contributed by atoms with van der Waals surface area (Å²) in [5.41, 5.74) is 0.0879. The number of terminal acetylenes is 1. The SMILES string of the molecule is C#CCN1CCOCC12CCOC2. The Balaban J connectivity index is 2.08. The van der Waals surface area contributed by atoms with Crippen LogP contribution in [0.15, 0.2) is 0 Å². The van der Waals surface area contributed by atoms with Gasteiger partial charge >= 0.3 is 0 Å². The molecular weight excluding hydrogens is 166 g/mol. The van der Waals surface area contributed by atoms with Gasteiger partial charge in [-0.2, -0.15) is 0 Å². The van der Waals surface area contributed by atoms with Gasteiger partial charge in [0.25, 0.3) is 0 Å². The van der Waals surface area contributed by atoms with E-state index in [-0.39, 0.29) is 5.54 Å². The lowest BCUT2D eigenvalue weighted by atomic mass is 9.96. The van der Waals surface area contributed by atoms with E-state index in [1.807, 2.05) is 0 Å². The third-order valence-electron chi connectivity index (χ3n) is 2.91. The smallest absolute Gasteiger partial charge is 0.0709 e. The highest BCUT2D eigenvalue weighted by molar-refractivity contribution is 5.01. The predicted molar refractivity (Wildman–Crippen MR) is 49.4 cm³/mol. The first-order chi connectivity index (χ1) is 6.37. The van der Waals surface area contributed by atoms with Crippen LogP contribution in [0.1, 0.15) is 6.42 Å². The molecule has 3 nitrogen and oxygen atoms in total. The van der Waals surface area contributed by atoms with Gasteiger partial charge in [-0.3, -0.25) is 4.90 Å². The van der Waals surface area contributed by atoms with E-state index in [2.05, 4.69) is 10.8 Å². The molecule has 1 spiro atoms. The first-order valence-corrected chi connectivity index (χ1v) is 4.71. The molecule has 3 heteroatoms. The van der Waals surface area contributed by atoms with Gasteiger partial charge in [-0.1, -0.05) is 5.92 Å². The highest BCUT2D eigenvalue weighted by Crippen LogP contribution is 2.28. The number of morpholine rings is 1. The molecule has 2 saturated heterocycles. The zero-order valence-corrected chi connectivity index (χ0v) is 7.79. The van der Waals surface area contributed by atoms with E-state index >= 15 is 0 Å². The van der Waals surface area contributed by atoms with Crippen LogP contribution in [-0.2, 0) is 9.47 Å². The Morgan fingerprint density at radius 3 is 2.77 bits per heavy atom. The van der Waals surface area contributed by atoms with Crippen LogP contribution in [-0.4, -0.2) is 50.0 Å². The molecule has 0 N–H and O–H groups in total. The quantitative estimate of drug-likeness (QED) is 0.536. The fourth-order valence-electron chi connectivity index (χ4n) is 2.08. The van der Waals surface area contributed by atoms with Crippen LogP contribution >= 0.6 is 0 Å². The van der Waals surface area contributed by atoms with Crippen molar-refractivity contribution >= 4 is 0 Å². The van der Waals surface area contributed by atoms with Gasteiger partial charge in [-0.05, 0) is 6.42 Å². The first-order valence-electron chi connectivity index (χ1n) is 4.71. The highest BCUT2D eigenvalue weighted by Gasteiger charge is 2.42. The van der Waals surface area contributed by atoms with Gasteiger partial charge in [0.05, 0.1) is 31.9 Å². The lowest BCUT2D eigenvalue weighted by Crippen LogP contribution is -2.57. The van der Waals surface area contributed by atoms with Crippen LogP contribution in [0.3, 0.4) is 0 Å². The fraction of sp³-hybridized carbons (Fsp3) is 0.800. The van der Waals surface area contributed by atoms with E-state index in [4.69, 9.17) is 15.9 Å². The lowest BCUT2D eigenvalue weighted by Gasteiger charge is -2.42. The highest BCUT2D eigenvalue weighted by atomic mass is 16.5. The molecule has 1 atom stereocenters. The lowest BCUT2D eigenvalue weighted by molar-refractivity contribution is -0.0642. The van der Waals surface area contributed by atoms with Crippen LogP contribution < -0.4 is 0 Å². The van der Waals surface area contributed by atoms with E-state index in [1.54, 1.807) is 0 Å². The number of ether oxygens (including phenoxy) is 2. The van der Waals surface area contributed by atoms with Crippen molar-refractivity contribution in [2.24, 2.45) is 0 Å². The Kier molecular flexibility index (Phi) is 2.54. The second kappa shape index (κ2) is 3.67. The maximum absolute atomic E-state index is 5.49. The maximum atomic E-state index is 5.49. The predicted octanol–water partition coefficient (Wildman–Crippen LogP) is 0.111. The van der Waals surface area contributed by atoms with Crippen molar-refractivity contribution in [3.8, 4) is 12.3 Å². The van der Waals surface area contributed by atoms with Crippen molar-refractivity contribution < 1.29 is 9.47 Å². The summed E-state index contributed by atoms with van der Waals surface area (Å²) in [7, 11) is 0. The Morgan fingerprint density at radius 2 is 2.08 bits per heavy atom. The summed E-state index contributed by atoms with van der Waals surface area (Å²) < 4.78 is 10.9. The summed E-state index contributed by atoms with van der Waals surface area (Å²) in [6.07, 6.45) is 6.39. The minimum atomic E-state index is 0.0879. The van der Waals surface area contributed by atoms with E-state index < -0.39 is 0 Å². The molecule has 2 rings (SSSR count). The molecule has 0 amide bonds. The normalized spacial score (nSPS) is 35.0. The molecule has 1 unspecified atom stereocenters. The second-order valence-corrected chi connectivity index (χ2v) is 3.71. The van der Waals surface area contributed by atoms with Crippen molar-refractivity contribution in [2.75, 3.05) is 39.5 Å². The summed E-state index contributed by atoms with van der Waals surface area (Å²) in [6, 6.07) is 0. The van der Waals surface area contributed by atoms with Crippen LogP contribution in [0, 0.1) is 12.3 Å². The summed E-state index contributed by atoms with van der Waals surface area (Å²) in [6.45, 7) is 4.83. The maximum Gasteiger partial charge on any atom is 0.0709 e. The molecule has 2 aliphatic heterocycles. The van der Waals surface area contributed by atoms with Crippen LogP contribution in [0.2, 0.25) is 0 Å². The zero-order valence-electron chi connectivity index (χ0n) is 7.79. The molecule has 0 aromatic carbocycles. The topological polar surface area (TPSA) is 21.7 Å². The second-order valence-electron chi connectivity index (χ2n) is 3.71. The summed E-state index contributed by atoms with van der Waals surface area (Å²) >= 11 is 0. The summed E-state index contributed by atoms with van der Waals surface area (Å²) in [4.78, 5) is 2.32. The van der Waals surface area contributed by atoms with Crippen molar-refractivity contribution in [1.82, 2.24) is 4.90 Å². The van der Waals surface area contributed by atoms with E-state index in [0.29, 0.717) is 6.54 Å². The average molecular weight is 181 g/mol. The molecule has 72 valence electrons. The summed E-state index contributed by atoms with van der Waals surface area (Å²) in [5, 5.41) is 0. The van der Waals surface area contributed by atoms with E-state index in [0.717, 1.165) is 39.4 Å². The number of hydrogen-bond donors (Lipinski definition) is 0. The van der Waals surface area contributed by atoms with Crippen LogP contribution in [0.5, 0.6) is 0 Å². The molecule has 0 aliphatic carbocycles. The molecule has 0 saturated carbocycles. The first kappa shape index (κ1) is 9.01.